The van der Waals surface area contributed by atoms with Gasteiger partial charge in [0, 0.05) is 17.6 Å². The summed E-state index contributed by atoms with van der Waals surface area (Å²) in [6.45, 7) is 2.94. The quantitative estimate of drug-likeness (QED) is 0.851. The van der Waals surface area contributed by atoms with Crippen molar-refractivity contribution in [2.75, 3.05) is 13.1 Å². The SMILES string of the molecule is CC1CCN(S(=O)(=O)c2cc(C(=O)O)c(Br)cc2Cl)CC1. The third-order valence-corrected chi connectivity index (χ3v) is 6.63. The summed E-state index contributed by atoms with van der Waals surface area (Å²) in [5, 5.41) is 9.13. The Kier molecular flexibility index (Phi) is 4.97. The van der Waals surface area contributed by atoms with E-state index in [0.29, 0.717) is 19.0 Å². The van der Waals surface area contributed by atoms with Gasteiger partial charge in [-0.05, 0) is 46.8 Å². The summed E-state index contributed by atoms with van der Waals surface area (Å²) in [4.78, 5) is 11.0. The van der Waals surface area contributed by atoms with Gasteiger partial charge in [-0.2, -0.15) is 4.31 Å². The number of sulfonamides is 1. The summed E-state index contributed by atoms with van der Waals surface area (Å²) >= 11 is 9.09. The van der Waals surface area contributed by atoms with Gasteiger partial charge in [-0.25, -0.2) is 13.2 Å². The maximum absolute atomic E-state index is 12.6. The van der Waals surface area contributed by atoms with Gasteiger partial charge in [0.25, 0.3) is 0 Å². The molecule has 1 N–H and O–H groups in total. The fourth-order valence-electron chi connectivity index (χ4n) is 2.26. The fraction of sp³-hybridized carbons (Fsp3) is 0.462. The zero-order chi connectivity index (χ0) is 15.8. The van der Waals surface area contributed by atoms with Crippen LogP contribution in [-0.2, 0) is 10.0 Å². The second kappa shape index (κ2) is 6.24. The van der Waals surface area contributed by atoms with Crippen molar-refractivity contribution in [3.8, 4) is 0 Å². The van der Waals surface area contributed by atoms with Gasteiger partial charge in [0.05, 0.1) is 10.6 Å². The van der Waals surface area contributed by atoms with E-state index in [1.165, 1.54) is 10.4 Å². The molecule has 0 saturated carbocycles. The second-order valence-electron chi connectivity index (χ2n) is 5.15. The largest absolute Gasteiger partial charge is 0.478 e. The molecule has 0 spiro atoms. The van der Waals surface area contributed by atoms with E-state index in [1.54, 1.807) is 0 Å². The predicted octanol–water partition coefficient (Wildman–Crippen LogP) is 3.22. The number of carboxylic acids is 1. The van der Waals surface area contributed by atoms with E-state index in [9.17, 15) is 13.2 Å². The zero-order valence-electron chi connectivity index (χ0n) is 11.3. The first-order valence-electron chi connectivity index (χ1n) is 6.46. The number of hydrogen-bond donors (Lipinski definition) is 1. The molecule has 0 aliphatic carbocycles. The molecule has 1 aliphatic heterocycles. The zero-order valence-corrected chi connectivity index (χ0v) is 14.5. The average Bonchev–Trinajstić information content (AvgIpc) is 2.38. The van der Waals surface area contributed by atoms with Crippen molar-refractivity contribution < 1.29 is 18.3 Å². The minimum absolute atomic E-state index is 0.0190. The Labute approximate surface area is 137 Å². The van der Waals surface area contributed by atoms with Crippen LogP contribution in [0.15, 0.2) is 21.5 Å². The number of halogens is 2. The van der Waals surface area contributed by atoms with Gasteiger partial charge >= 0.3 is 5.97 Å². The van der Waals surface area contributed by atoms with Crippen molar-refractivity contribution in [1.82, 2.24) is 4.31 Å². The minimum atomic E-state index is -3.77. The van der Waals surface area contributed by atoms with Gasteiger partial charge in [0.2, 0.25) is 10.0 Å². The molecule has 5 nitrogen and oxygen atoms in total. The third-order valence-electron chi connectivity index (χ3n) is 3.61. The Morgan fingerprint density at radius 3 is 2.48 bits per heavy atom. The maximum atomic E-state index is 12.6. The summed E-state index contributed by atoms with van der Waals surface area (Å²) in [5.74, 6) is -0.714. The van der Waals surface area contributed by atoms with Crippen molar-refractivity contribution >= 4 is 43.5 Å². The second-order valence-corrected chi connectivity index (χ2v) is 8.32. The molecule has 0 amide bonds. The Morgan fingerprint density at radius 1 is 1.38 bits per heavy atom. The number of rotatable bonds is 3. The van der Waals surface area contributed by atoms with Crippen molar-refractivity contribution in [2.45, 2.75) is 24.7 Å². The molecule has 0 aromatic heterocycles. The van der Waals surface area contributed by atoms with Gasteiger partial charge in [-0.1, -0.05) is 18.5 Å². The standard InChI is InChI=1S/C13H15BrClNO4S/c1-8-2-4-16(5-3-8)21(19,20)12-6-9(13(17)18)10(14)7-11(12)15/h6-8H,2-5H2,1H3,(H,17,18). The first-order chi connectivity index (χ1) is 9.73. The summed E-state index contributed by atoms with van der Waals surface area (Å²) in [5.41, 5.74) is -0.122. The number of hydrogen-bond acceptors (Lipinski definition) is 3. The van der Waals surface area contributed by atoms with Crippen molar-refractivity contribution in [3.63, 3.8) is 0 Å². The number of carboxylic acid groups (broad SMARTS) is 1. The van der Waals surface area contributed by atoms with Gasteiger partial charge in [-0.15, -0.1) is 0 Å². The summed E-state index contributed by atoms with van der Waals surface area (Å²) < 4.78 is 26.9. The van der Waals surface area contributed by atoms with Crippen LogP contribution in [0.4, 0.5) is 0 Å². The third kappa shape index (κ3) is 3.41. The predicted molar refractivity (Wildman–Crippen MR) is 83.3 cm³/mol. The molecule has 0 bridgehead atoms. The van der Waals surface area contributed by atoms with Crippen LogP contribution in [0, 0.1) is 5.92 Å². The summed E-state index contributed by atoms with van der Waals surface area (Å²) in [6, 6.07) is 2.42. The Hall–Kier alpha value is -0.630. The lowest BCUT2D eigenvalue weighted by Crippen LogP contribution is -2.38. The van der Waals surface area contributed by atoms with Crippen molar-refractivity contribution in [2.24, 2.45) is 5.92 Å². The molecular weight excluding hydrogens is 382 g/mol. The summed E-state index contributed by atoms with van der Waals surface area (Å²) in [6.07, 6.45) is 1.58. The molecule has 2 rings (SSSR count). The Morgan fingerprint density at radius 2 is 1.95 bits per heavy atom. The van der Waals surface area contributed by atoms with E-state index in [0.717, 1.165) is 18.9 Å². The molecule has 1 heterocycles. The average molecular weight is 397 g/mol. The molecular formula is C13H15BrClNO4S. The van der Waals surface area contributed by atoms with Gasteiger partial charge < -0.3 is 5.11 Å². The number of benzene rings is 1. The lowest BCUT2D eigenvalue weighted by atomic mass is 10.0. The number of aromatic carboxylic acids is 1. The molecule has 21 heavy (non-hydrogen) atoms. The molecule has 0 radical (unpaired) electrons. The van der Waals surface area contributed by atoms with E-state index >= 15 is 0 Å². The van der Waals surface area contributed by atoms with Crippen LogP contribution in [0.1, 0.15) is 30.1 Å². The molecule has 1 saturated heterocycles. The van der Waals surface area contributed by atoms with Crippen LogP contribution < -0.4 is 0 Å². The first kappa shape index (κ1) is 16.7. The normalized spacial score (nSPS) is 17.9. The van der Waals surface area contributed by atoms with Gasteiger partial charge in [0.15, 0.2) is 0 Å². The molecule has 1 aromatic carbocycles. The maximum Gasteiger partial charge on any atom is 0.336 e. The molecule has 1 aromatic rings. The highest BCUT2D eigenvalue weighted by atomic mass is 79.9. The van der Waals surface area contributed by atoms with Crippen molar-refractivity contribution in [3.05, 3.63) is 27.2 Å². The topological polar surface area (TPSA) is 74.7 Å². The summed E-state index contributed by atoms with van der Waals surface area (Å²) in [7, 11) is -3.77. The van der Waals surface area contributed by atoms with E-state index < -0.39 is 16.0 Å². The number of piperidine rings is 1. The van der Waals surface area contributed by atoms with Crippen molar-refractivity contribution in [1.29, 1.82) is 0 Å². The Balaban J connectivity index is 2.45. The highest BCUT2D eigenvalue weighted by Crippen LogP contribution is 2.32. The molecule has 1 fully saturated rings. The highest BCUT2D eigenvalue weighted by Gasteiger charge is 2.31. The first-order valence-corrected chi connectivity index (χ1v) is 9.07. The van der Waals surface area contributed by atoms with Crippen LogP contribution in [0.3, 0.4) is 0 Å². The van der Waals surface area contributed by atoms with E-state index in [4.69, 9.17) is 16.7 Å². The minimum Gasteiger partial charge on any atom is -0.478 e. The molecule has 116 valence electrons. The molecule has 8 heteroatoms. The Bertz CT molecular complexity index is 669. The highest BCUT2D eigenvalue weighted by molar-refractivity contribution is 9.10. The van der Waals surface area contributed by atoms with Crippen LogP contribution in [0.25, 0.3) is 0 Å². The molecule has 0 atom stereocenters. The number of carbonyl (C=O) groups is 1. The van der Waals surface area contributed by atoms with E-state index in [2.05, 4.69) is 22.9 Å². The monoisotopic (exact) mass is 395 g/mol. The van der Waals surface area contributed by atoms with Gasteiger partial charge in [-0.3, -0.25) is 0 Å². The lowest BCUT2D eigenvalue weighted by Gasteiger charge is -2.29. The van der Waals surface area contributed by atoms with Crippen LogP contribution in [-0.4, -0.2) is 36.9 Å². The molecule has 1 aliphatic rings. The molecule has 0 unspecified atom stereocenters. The number of nitrogens with zero attached hydrogens (tertiary/aromatic N) is 1. The van der Waals surface area contributed by atoms with Crippen LogP contribution in [0.5, 0.6) is 0 Å². The van der Waals surface area contributed by atoms with Crippen LogP contribution in [0.2, 0.25) is 5.02 Å². The lowest BCUT2D eigenvalue weighted by molar-refractivity contribution is 0.0695. The van der Waals surface area contributed by atoms with E-state index in [-0.39, 0.29) is 20.0 Å². The van der Waals surface area contributed by atoms with E-state index in [1.807, 2.05) is 0 Å². The smallest absolute Gasteiger partial charge is 0.336 e. The van der Waals surface area contributed by atoms with Gasteiger partial charge in [0.1, 0.15) is 4.90 Å². The fourth-order valence-corrected chi connectivity index (χ4v) is 4.90. The van der Waals surface area contributed by atoms with Crippen LogP contribution >= 0.6 is 27.5 Å².